The topological polar surface area (TPSA) is 9.23 Å². The lowest BCUT2D eigenvalue weighted by atomic mass is 10.2. The van der Waals surface area contributed by atoms with Crippen LogP contribution in [-0.4, -0.2) is 13.0 Å². The molecule has 68 valence electrons. The molecule has 1 rings (SSSR count). The fraction of sp³-hybridized carbons (Fsp3) is 0.200. The van der Waals surface area contributed by atoms with Crippen molar-refractivity contribution in [2.45, 2.75) is 0 Å². The molecule has 0 unspecified atom stereocenters. The molecule has 0 aliphatic carbocycles. The third kappa shape index (κ3) is 2.64. The van der Waals surface area contributed by atoms with Crippen molar-refractivity contribution in [3.8, 4) is 17.6 Å². The molecule has 0 atom stereocenters. The first-order valence-corrected chi connectivity index (χ1v) is 4.19. The van der Waals surface area contributed by atoms with E-state index in [9.17, 15) is 4.39 Å². The molecule has 0 bridgehead atoms. The van der Waals surface area contributed by atoms with E-state index in [1.54, 1.807) is 6.07 Å². The zero-order chi connectivity index (χ0) is 9.68. The van der Waals surface area contributed by atoms with Crippen LogP contribution in [0, 0.1) is 17.7 Å². The zero-order valence-corrected chi connectivity index (χ0v) is 7.86. The van der Waals surface area contributed by atoms with Crippen molar-refractivity contribution in [1.82, 2.24) is 0 Å². The van der Waals surface area contributed by atoms with Crippen LogP contribution in [0.4, 0.5) is 4.39 Å². The summed E-state index contributed by atoms with van der Waals surface area (Å²) in [5.41, 5.74) is 0.306. The van der Waals surface area contributed by atoms with E-state index in [4.69, 9.17) is 16.3 Å². The van der Waals surface area contributed by atoms with Gasteiger partial charge in [0, 0.05) is 0 Å². The summed E-state index contributed by atoms with van der Waals surface area (Å²) in [5, 5.41) is 0. The molecule has 0 N–H and O–H groups in total. The molecule has 0 aliphatic rings. The van der Waals surface area contributed by atoms with E-state index in [0.29, 0.717) is 11.3 Å². The van der Waals surface area contributed by atoms with Crippen LogP contribution in [0.3, 0.4) is 0 Å². The van der Waals surface area contributed by atoms with E-state index in [1.807, 2.05) is 0 Å². The lowest BCUT2D eigenvalue weighted by Gasteiger charge is -1.99. The van der Waals surface area contributed by atoms with Crippen LogP contribution < -0.4 is 4.74 Å². The summed E-state index contributed by atoms with van der Waals surface area (Å²) >= 11 is 5.35. The Kier molecular flexibility index (Phi) is 3.60. The Balaban J connectivity index is 3.04. The van der Waals surface area contributed by atoms with Gasteiger partial charge in [0.2, 0.25) is 0 Å². The van der Waals surface area contributed by atoms with Crippen LogP contribution in [0.25, 0.3) is 0 Å². The van der Waals surface area contributed by atoms with Crippen molar-refractivity contribution in [2.75, 3.05) is 13.0 Å². The standard InChI is InChI=1S/C10H8ClFO/c1-13-9-4-5-10(12)8(7-9)3-2-6-11/h4-5,7H,6H2,1H3. The molecular formula is C10H8ClFO. The van der Waals surface area contributed by atoms with E-state index in [1.165, 1.54) is 19.2 Å². The summed E-state index contributed by atoms with van der Waals surface area (Å²) in [5.74, 6) is 5.59. The van der Waals surface area contributed by atoms with Gasteiger partial charge in [-0.2, -0.15) is 0 Å². The lowest BCUT2D eigenvalue weighted by Crippen LogP contribution is -1.87. The van der Waals surface area contributed by atoms with Crippen molar-refractivity contribution >= 4 is 11.6 Å². The summed E-state index contributed by atoms with van der Waals surface area (Å²) in [7, 11) is 1.52. The molecule has 1 aromatic rings. The highest BCUT2D eigenvalue weighted by molar-refractivity contribution is 6.19. The van der Waals surface area contributed by atoms with Crippen LogP contribution in [0.2, 0.25) is 0 Å². The van der Waals surface area contributed by atoms with Crippen molar-refractivity contribution in [1.29, 1.82) is 0 Å². The highest BCUT2D eigenvalue weighted by atomic mass is 35.5. The first-order chi connectivity index (χ1) is 6.27. The maximum atomic E-state index is 13.0. The molecule has 1 nitrogen and oxygen atoms in total. The Labute approximate surface area is 81.5 Å². The molecule has 0 saturated heterocycles. The van der Waals surface area contributed by atoms with Gasteiger partial charge in [-0.3, -0.25) is 0 Å². The van der Waals surface area contributed by atoms with Gasteiger partial charge in [-0.1, -0.05) is 11.8 Å². The minimum atomic E-state index is -0.363. The normalized spacial score (nSPS) is 8.85. The molecule has 0 radical (unpaired) electrons. The van der Waals surface area contributed by atoms with Gasteiger partial charge < -0.3 is 4.74 Å². The highest BCUT2D eigenvalue weighted by Gasteiger charge is 1.99. The Hall–Kier alpha value is -1.20. The van der Waals surface area contributed by atoms with Crippen molar-refractivity contribution in [3.63, 3.8) is 0 Å². The minimum Gasteiger partial charge on any atom is -0.497 e. The van der Waals surface area contributed by atoms with Crippen molar-refractivity contribution in [2.24, 2.45) is 0 Å². The fourth-order valence-electron chi connectivity index (χ4n) is 0.856. The number of alkyl halides is 1. The third-order valence-electron chi connectivity index (χ3n) is 1.46. The van der Waals surface area contributed by atoms with Gasteiger partial charge in [-0.05, 0) is 18.2 Å². The molecule has 0 aromatic heterocycles. The van der Waals surface area contributed by atoms with Crippen molar-refractivity contribution < 1.29 is 9.13 Å². The van der Waals surface area contributed by atoms with E-state index in [2.05, 4.69) is 11.8 Å². The molecule has 3 heteroatoms. The van der Waals surface area contributed by atoms with E-state index < -0.39 is 0 Å². The summed E-state index contributed by atoms with van der Waals surface area (Å²) in [6.07, 6.45) is 0. The number of hydrogen-bond donors (Lipinski definition) is 0. The predicted molar refractivity (Wildman–Crippen MR) is 50.6 cm³/mol. The van der Waals surface area contributed by atoms with E-state index in [0.717, 1.165) is 0 Å². The van der Waals surface area contributed by atoms with Gasteiger partial charge in [0.1, 0.15) is 11.6 Å². The van der Waals surface area contributed by atoms with Gasteiger partial charge in [-0.25, -0.2) is 4.39 Å². The summed E-state index contributed by atoms with van der Waals surface area (Å²) in [6, 6.07) is 4.40. The lowest BCUT2D eigenvalue weighted by molar-refractivity contribution is 0.413. The second-order valence-corrected chi connectivity index (χ2v) is 2.55. The van der Waals surface area contributed by atoms with Crippen molar-refractivity contribution in [3.05, 3.63) is 29.6 Å². The monoisotopic (exact) mass is 198 g/mol. The Morgan fingerprint density at radius 3 is 2.92 bits per heavy atom. The largest absolute Gasteiger partial charge is 0.497 e. The Morgan fingerprint density at radius 1 is 1.54 bits per heavy atom. The first kappa shape index (κ1) is 9.88. The predicted octanol–water partition coefficient (Wildman–Crippen LogP) is 2.42. The number of ether oxygens (including phenoxy) is 1. The summed E-state index contributed by atoms with van der Waals surface area (Å²) < 4.78 is 18.0. The molecule has 0 amide bonds. The van der Waals surface area contributed by atoms with Crippen LogP contribution in [0.15, 0.2) is 18.2 Å². The molecule has 13 heavy (non-hydrogen) atoms. The number of benzene rings is 1. The van der Waals surface area contributed by atoms with Gasteiger partial charge in [0.15, 0.2) is 0 Å². The molecule has 0 aliphatic heterocycles. The molecule has 1 aromatic carbocycles. The van der Waals surface area contributed by atoms with Gasteiger partial charge in [0.25, 0.3) is 0 Å². The number of hydrogen-bond acceptors (Lipinski definition) is 1. The maximum absolute atomic E-state index is 13.0. The summed E-state index contributed by atoms with van der Waals surface area (Å²) in [6.45, 7) is 0. The smallest absolute Gasteiger partial charge is 0.139 e. The summed E-state index contributed by atoms with van der Waals surface area (Å²) in [4.78, 5) is 0. The average Bonchev–Trinajstić information content (AvgIpc) is 2.17. The first-order valence-electron chi connectivity index (χ1n) is 3.66. The van der Waals surface area contributed by atoms with Gasteiger partial charge in [0.05, 0.1) is 18.6 Å². The Bertz CT molecular complexity index is 352. The highest BCUT2D eigenvalue weighted by Crippen LogP contribution is 2.15. The zero-order valence-electron chi connectivity index (χ0n) is 7.10. The molecule has 0 heterocycles. The van der Waals surface area contributed by atoms with Gasteiger partial charge >= 0.3 is 0 Å². The number of halogens is 2. The van der Waals surface area contributed by atoms with E-state index in [-0.39, 0.29) is 11.7 Å². The van der Waals surface area contributed by atoms with Crippen LogP contribution in [0.5, 0.6) is 5.75 Å². The number of methoxy groups -OCH3 is 1. The molecule has 0 saturated carbocycles. The maximum Gasteiger partial charge on any atom is 0.139 e. The molecule has 0 spiro atoms. The van der Waals surface area contributed by atoms with Gasteiger partial charge in [-0.15, -0.1) is 11.6 Å². The quantitative estimate of drug-likeness (QED) is 0.498. The second-order valence-electron chi connectivity index (χ2n) is 2.28. The second kappa shape index (κ2) is 4.74. The van der Waals surface area contributed by atoms with Crippen LogP contribution in [-0.2, 0) is 0 Å². The molecule has 0 fully saturated rings. The van der Waals surface area contributed by atoms with Crippen LogP contribution >= 0.6 is 11.6 Å². The fourth-order valence-corrected chi connectivity index (χ4v) is 0.923. The Morgan fingerprint density at radius 2 is 2.31 bits per heavy atom. The third-order valence-corrected chi connectivity index (χ3v) is 1.60. The van der Waals surface area contributed by atoms with Crippen LogP contribution in [0.1, 0.15) is 5.56 Å². The minimum absolute atomic E-state index is 0.191. The SMILES string of the molecule is COc1ccc(F)c(C#CCCl)c1. The van der Waals surface area contributed by atoms with E-state index >= 15 is 0 Å². The molecular weight excluding hydrogens is 191 g/mol. The number of rotatable bonds is 1. The average molecular weight is 199 g/mol.